The molecule has 22 heavy (non-hydrogen) atoms. The zero-order valence-electron chi connectivity index (χ0n) is 16.3. The Morgan fingerprint density at radius 3 is 1.77 bits per heavy atom. The van der Waals surface area contributed by atoms with Gasteiger partial charge >= 0.3 is 0 Å². The second-order valence-corrected chi connectivity index (χ2v) is 13.0. The first kappa shape index (κ1) is 21.9. The fourth-order valence-corrected chi connectivity index (χ4v) is 3.76. The van der Waals surface area contributed by atoms with Gasteiger partial charge in [0.25, 0.3) is 0 Å². The third-order valence-corrected chi connectivity index (χ3v) is 9.61. The summed E-state index contributed by atoms with van der Waals surface area (Å²) < 4.78 is 6.44. The lowest BCUT2D eigenvalue weighted by molar-refractivity contribution is 0.211. The Morgan fingerprint density at radius 2 is 1.36 bits per heavy atom. The van der Waals surface area contributed by atoms with Crippen LogP contribution in [0.3, 0.4) is 0 Å². The molecule has 0 saturated carbocycles. The van der Waals surface area contributed by atoms with Crippen LogP contribution >= 0.6 is 0 Å². The van der Waals surface area contributed by atoms with E-state index in [0.717, 1.165) is 6.42 Å². The van der Waals surface area contributed by atoms with Crippen molar-refractivity contribution in [1.29, 1.82) is 0 Å². The van der Waals surface area contributed by atoms with Crippen LogP contribution in [-0.4, -0.2) is 14.4 Å². The van der Waals surface area contributed by atoms with Crippen molar-refractivity contribution in [3.8, 4) is 0 Å². The minimum absolute atomic E-state index is 0.255. The van der Waals surface area contributed by atoms with Crippen molar-refractivity contribution in [2.75, 3.05) is 0 Å². The van der Waals surface area contributed by atoms with Gasteiger partial charge in [-0.2, -0.15) is 0 Å². The first-order valence-electron chi connectivity index (χ1n) is 9.55. The average Bonchev–Trinajstić information content (AvgIpc) is 2.42. The summed E-state index contributed by atoms with van der Waals surface area (Å²) in [4.78, 5) is 0. The van der Waals surface area contributed by atoms with Crippen LogP contribution in [0.5, 0.6) is 0 Å². The van der Waals surface area contributed by atoms with Gasteiger partial charge < -0.3 is 4.43 Å². The van der Waals surface area contributed by atoms with Crippen LogP contribution in [0.4, 0.5) is 0 Å². The van der Waals surface area contributed by atoms with E-state index >= 15 is 0 Å². The molecule has 1 atom stereocenters. The van der Waals surface area contributed by atoms with Gasteiger partial charge in [0, 0.05) is 0 Å². The van der Waals surface area contributed by atoms with Crippen molar-refractivity contribution in [3.63, 3.8) is 0 Å². The van der Waals surface area contributed by atoms with E-state index in [9.17, 15) is 0 Å². The van der Waals surface area contributed by atoms with E-state index in [4.69, 9.17) is 4.43 Å². The highest BCUT2D eigenvalue weighted by molar-refractivity contribution is 6.74. The molecule has 0 amide bonds. The molecule has 0 N–H and O–H groups in total. The van der Waals surface area contributed by atoms with Crippen LogP contribution in [0, 0.1) is 0 Å². The maximum atomic E-state index is 6.44. The van der Waals surface area contributed by atoms with Crippen molar-refractivity contribution in [2.45, 2.75) is 116 Å². The van der Waals surface area contributed by atoms with Gasteiger partial charge in [-0.05, 0) is 24.6 Å². The molecule has 132 valence electrons. The predicted molar refractivity (Wildman–Crippen MR) is 104 cm³/mol. The fraction of sp³-hybridized carbons (Fsp3) is 0.900. The Hall–Kier alpha value is -0.0831. The first-order valence-corrected chi connectivity index (χ1v) is 12.5. The van der Waals surface area contributed by atoms with Crippen molar-refractivity contribution in [3.05, 3.63) is 12.7 Å². The van der Waals surface area contributed by atoms with Gasteiger partial charge in [0.15, 0.2) is 8.32 Å². The molecule has 0 radical (unpaired) electrons. The molecular weight excluding hydrogens is 284 g/mol. The number of unbranched alkanes of at least 4 members (excludes halogenated alkanes) is 8. The highest BCUT2D eigenvalue weighted by atomic mass is 28.4. The molecule has 0 aliphatic rings. The van der Waals surface area contributed by atoms with Crippen molar-refractivity contribution >= 4 is 8.32 Å². The Labute approximate surface area is 142 Å². The fourth-order valence-electron chi connectivity index (χ4n) is 2.44. The Balaban J connectivity index is 3.77. The molecule has 0 aromatic heterocycles. The molecular formula is C20H42OSi. The molecule has 0 unspecified atom stereocenters. The molecule has 0 aromatic rings. The van der Waals surface area contributed by atoms with E-state index in [1.165, 1.54) is 57.8 Å². The normalized spacial score (nSPS) is 14.1. The maximum Gasteiger partial charge on any atom is 0.192 e. The number of rotatable bonds is 13. The van der Waals surface area contributed by atoms with E-state index in [1.807, 2.05) is 6.08 Å². The van der Waals surface area contributed by atoms with Gasteiger partial charge in [-0.25, -0.2) is 0 Å². The molecule has 0 spiro atoms. The molecule has 0 fully saturated rings. The molecule has 0 aliphatic carbocycles. The molecule has 0 aliphatic heterocycles. The van der Waals surface area contributed by atoms with Gasteiger partial charge in [0.1, 0.15) is 0 Å². The van der Waals surface area contributed by atoms with Gasteiger partial charge in [-0.1, -0.05) is 91.6 Å². The smallest absolute Gasteiger partial charge is 0.192 e. The summed E-state index contributed by atoms with van der Waals surface area (Å²) in [6, 6.07) is 0. The largest absolute Gasteiger partial charge is 0.411 e. The third-order valence-electron chi connectivity index (χ3n) is 5.11. The van der Waals surface area contributed by atoms with Gasteiger partial charge in [-0.15, -0.1) is 6.58 Å². The SMILES string of the molecule is C=C[C@@H](CCCCCCCCCCC)O[Si](C)(C)C(C)(C)C. The topological polar surface area (TPSA) is 9.23 Å². The van der Waals surface area contributed by atoms with E-state index in [2.05, 4.69) is 47.4 Å². The van der Waals surface area contributed by atoms with Gasteiger partial charge in [0.05, 0.1) is 6.10 Å². The molecule has 0 bridgehead atoms. The number of hydrogen-bond acceptors (Lipinski definition) is 1. The molecule has 0 heterocycles. The summed E-state index contributed by atoms with van der Waals surface area (Å²) in [5.74, 6) is 0. The Kier molecular flexibility index (Phi) is 11.4. The summed E-state index contributed by atoms with van der Waals surface area (Å²) in [6.45, 7) is 17.8. The molecule has 0 aromatic carbocycles. The van der Waals surface area contributed by atoms with E-state index in [1.54, 1.807) is 0 Å². The Morgan fingerprint density at radius 1 is 0.909 bits per heavy atom. The summed E-state index contributed by atoms with van der Waals surface area (Å²) in [6.07, 6.45) is 15.9. The van der Waals surface area contributed by atoms with E-state index in [-0.39, 0.29) is 11.1 Å². The highest BCUT2D eigenvalue weighted by Gasteiger charge is 2.38. The number of hydrogen-bond donors (Lipinski definition) is 0. The maximum absolute atomic E-state index is 6.44. The zero-order valence-corrected chi connectivity index (χ0v) is 17.3. The first-order chi connectivity index (χ1) is 10.2. The van der Waals surface area contributed by atoms with Gasteiger partial charge in [-0.3, -0.25) is 0 Å². The van der Waals surface area contributed by atoms with Crippen LogP contribution in [0.1, 0.15) is 91.9 Å². The summed E-state index contributed by atoms with van der Waals surface area (Å²) in [5.41, 5.74) is 0. The highest BCUT2D eigenvalue weighted by Crippen LogP contribution is 2.37. The standard InChI is InChI=1S/C20H42OSi/c1-8-10-11-12-13-14-15-16-17-18-19(9-2)21-22(6,7)20(3,4)5/h9,19H,2,8,10-18H2,1,3-7H3/t19-/m0/s1. The summed E-state index contributed by atoms with van der Waals surface area (Å²) >= 11 is 0. The van der Waals surface area contributed by atoms with Crippen molar-refractivity contribution < 1.29 is 4.43 Å². The van der Waals surface area contributed by atoms with Crippen molar-refractivity contribution in [1.82, 2.24) is 0 Å². The van der Waals surface area contributed by atoms with Crippen molar-refractivity contribution in [2.24, 2.45) is 0 Å². The lowest BCUT2D eigenvalue weighted by Gasteiger charge is -2.38. The van der Waals surface area contributed by atoms with E-state index < -0.39 is 8.32 Å². The molecule has 2 heteroatoms. The molecule has 1 nitrogen and oxygen atoms in total. The second-order valence-electron chi connectivity index (χ2n) is 8.27. The lowest BCUT2D eigenvalue weighted by Crippen LogP contribution is -2.43. The molecule has 0 saturated heterocycles. The van der Waals surface area contributed by atoms with Crippen LogP contribution in [-0.2, 0) is 4.43 Å². The quantitative estimate of drug-likeness (QED) is 0.193. The minimum atomic E-state index is -1.65. The van der Waals surface area contributed by atoms with Crippen LogP contribution in [0.15, 0.2) is 12.7 Å². The average molecular weight is 327 g/mol. The van der Waals surface area contributed by atoms with Gasteiger partial charge in [0.2, 0.25) is 0 Å². The van der Waals surface area contributed by atoms with E-state index in [0.29, 0.717) is 0 Å². The minimum Gasteiger partial charge on any atom is -0.411 e. The second kappa shape index (κ2) is 11.5. The van der Waals surface area contributed by atoms with Crippen LogP contribution in [0.25, 0.3) is 0 Å². The summed E-state index contributed by atoms with van der Waals surface area (Å²) in [7, 11) is -1.65. The Bertz CT molecular complexity index is 278. The monoisotopic (exact) mass is 326 g/mol. The predicted octanol–water partition coefficient (Wildman–Crippen LogP) is 7.48. The van der Waals surface area contributed by atoms with Crippen LogP contribution in [0.2, 0.25) is 18.1 Å². The lowest BCUT2D eigenvalue weighted by atomic mass is 10.1. The molecule has 0 rings (SSSR count). The summed E-state index contributed by atoms with van der Waals surface area (Å²) in [5, 5.41) is 0.284. The zero-order chi connectivity index (χ0) is 17.1. The third kappa shape index (κ3) is 9.84. The van der Waals surface area contributed by atoms with Crippen LogP contribution < -0.4 is 0 Å².